The predicted molar refractivity (Wildman–Crippen MR) is 79.3 cm³/mol. The van der Waals surface area contributed by atoms with E-state index in [-0.39, 0.29) is 16.3 Å². The molecule has 1 aliphatic carbocycles. The lowest BCUT2D eigenvalue weighted by atomic mass is 10.3. The van der Waals surface area contributed by atoms with Crippen molar-refractivity contribution in [3.8, 4) is 0 Å². The summed E-state index contributed by atoms with van der Waals surface area (Å²) in [5.41, 5.74) is 5.49. The van der Waals surface area contributed by atoms with Gasteiger partial charge in [-0.3, -0.25) is 10.1 Å². The summed E-state index contributed by atoms with van der Waals surface area (Å²) in [6.07, 6.45) is 2.74. The first-order chi connectivity index (χ1) is 9.86. The van der Waals surface area contributed by atoms with Crippen LogP contribution in [0.1, 0.15) is 26.2 Å². The smallest absolute Gasteiger partial charge is 0.270 e. The fourth-order valence-electron chi connectivity index (χ4n) is 2.15. The minimum absolute atomic E-state index is 0.0394. The molecule has 8 heteroatoms. The number of hydrogen-bond donors (Lipinski definition) is 1. The summed E-state index contributed by atoms with van der Waals surface area (Å²) in [6.45, 7) is 2.74. The standard InChI is InChI=1S/C13H19N3O4S/c1-2-7-15(9-10-3-4-10)21(19,20)13-8-11(16(17)18)5-6-12(13)14/h5-6,8,10H,2-4,7,9,14H2,1H3. The summed E-state index contributed by atoms with van der Waals surface area (Å²) >= 11 is 0. The van der Waals surface area contributed by atoms with Crippen molar-refractivity contribution in [1.82, 2.24) is 4.31 Å². The van der Waals surface area contributed by atoms with E-state index in [1.54, 1.807) is 0 Å². The Kier molecular flexibility index (Phi) is 4.48. The third-order valence-corrected chi connectivity index (χ3v) is 5.38. The molecule has 0 spiro atoms. The van der Waals surface area contributed by atoms with Crippen LogP contribution in [0.5, 0.6) is 0 Å². The molecule has 1 aliphatic rings. The molecule has 0 atom stereocenters. The van der Waals surface area contributed by atoms with Crippen LogP contribution in [0.3, 0.4) is 0 Å². The number of nitrogens with two attached hydrogens (primary N) is 1. The highest BCUT2D eigenvalue weighted by atomic mass is 32.2. The zero-order chi connectivity index (χ0) is 15.6. The van der Waals surface area contributed by atoms with Crippen LogP contribution in [0, 0.1) is 16.0 Å². The van der Waals surface area contributed by atoms with E-state index in [1.807, 2.05) is 6.92 Å². The summed E-state index contributed by atoms with van der Waals surface area (Å²) in [5.74, 6) is 0.395. The van der Waals surface area contributed by atoms with Gasteiger partial charge in [-0.15, -0.1) is 0 Å². The van der Waals surface area contributed by atoms with Crippen LogP contribution in [0.2, 0.25) is 0 Å². The molecular weight excluding hydrogens is 294 g/mol. The lowest BCUT2D eigenvalue weighted by Crippen LogP contribution is -2.34. The molecule has 21 heavy (non-hydrogen) atoms. The molecule has 0 saturated heterocycles. The molecule has 0 bridgehead atoms. The first-order valence-corrected chi connectivity index (χ1v) is 8.34. The summed E-state index contributed by atoms with van der Waals surface area (Å²) in [6, 6.07) is 3.52. The van der Waals surface area contributed by atoms with Gasteiger partial charge in [-0.05, 0) is 31.2 Å². The van der Waals surface area contributed by atoms with E-state index in [4.69, 9.17) is 5.73 Å². The molecule has 116 valence electrons. The van der Waals surface area contributed by atoms with E-state index in [0.29, 0.717) is 25.4 Å². The summed E-state index contributed by atoms with van der Waals surface area (Å²) in [5, 5.41) is 10.8. The Bertz CT molecular complexity index is 641. The Morgan fingerprint density at radius 2 is 2.10 bits per heavy atom. The molecule has 0 aliphatic heterocycles. The zero-order valence-corrected chi connectivity index (χ0v) is 12.7. The van der Waals surface area contributed by atoms with Crippen LogP contribution in [-0.4, -0.2) is 30.7 Å². The maximum absolute atomic E-state index is 12.7. The van der Waals surface area contributed by atoms with Crippen molar-refractivity contribution in [2.45, 2.75) is 31.1 Å². The van der Waals surface area contributed by atoms with Crippen molar-refractivity contribution in [2.24, 2.45) is 5.92 Å². The zero-order valence-electron chi connectivity index (χ0n) is 11.9. The first-order valence-electron chi connectivity index (χ1n) is 6.90. The quantitative estimate of drug-likeness (QED) is 0.470. The van der Waals surface area contributed by atoms with Crippen LogP contribution in [0.15, 0.2) is 23.1 Å². The average Bonchev–Trinajstić information content (AvgIpc) is 3.22. The molecule has 2 N–H and O–H groups in total. The van der Waals surface area contributed by atoms with Crippen molar-refractivity contribution < 1.29 is 13.3 Å². The number of nitro groups is 1. The predicted octanol–water partition coefficient (Wildman–Crippen LogP) is 1.99. The number of hydrogen-bond acceptors (Lipinski definition) is 5. The number of anilines is 1. The highest BCUT2D eigenvalue weighted by Crippen LogP contribution is 2.33. The molecule has 0 aromatic heterocycles. The van der Waals surface area contributed by atoms with Gasteiger partial charge in [0.05, 0.1) is 10.6 Å². The lowest BCUT2D eigenvalue weighted by molar-refractivity contribution is -0.385. The molecule has 1 aromatic carbocycles. The van der Waals surface area contributed by atoms with Crippen LogP contribution in [0.4, 0.5) is 11.4 Å². The molecule has 0 unspecified atom stereocenters. The second-order valence-corrected chi connectivity index (χ2v) is 7.19. The summed E-state index contributed by atoms with van der Waals surface area (Å²) in [4.78, 5) is 10.0. The van der Waals surface area contributed by atoms with Crippen LogP contribution >= 0.6 is 0 Å². The SMILES string of the molecule is CCCN(CC1CC1)S(=O)(=O)c1cc([N+](=O)[O-])ccc1N. The Morgan fingerprint density at radius 1 is 1.43 bits per heavy atom. The van der Waals surface area contributed by atoms with E-state index >= 15 is 0 Å². The van der Waals surface area contributed by atoms with Crippen molar-refractivity contribution in [1.29, 1.82) is 0 Å². The Hall–Kier alpha value is -1.67. The Balaban J connectivity index is 2.40. The third kappa shape index (κ3) is 3.51. The topological polar surface area (TPSA) is 107 Å². The number of sulfonamides is 1. The lowest BCUT2D eigenvalue weighted by Gasteiger charge is -2.22. The molecule has 0 amide bonds. The number of rotatable bonds is 7. The van der Waals surface area contributed by atoms with Gasteiger partial charge in [0.2, 0.25) is 10.0 Å². The monoisotopic (exact) mass is 313 g/mol. The second-order valence-electron chi connectivity index (χ2n) is 5.29. The van der Waals surface area contributed by atoms with Crippen molar-refractivity contribution in [3.05, 3.63) is 28.3 Å². The highest BCUT2D eigenvalue weighted by Gasteiger charge is 2.33. The number of nitrogens with zero attached hydrogens (tertiary/aromatic N) is 2. The van der Waals surface area contributed by atoms with Crippen LogP contribution < -0.4 is 5.73 Å². The Morgan fingerprint density at radius 3 is 2.62 bits per heavy atom. The van der Waals surface area contributed by atoms with Gasteiger partial charge >= 0.3 is 0 Å². The van der Waals surface area contributed by atoms with E-state index < -0.39 is 14.9 Å². The van der Waals surface area contributed by atoms with Crippen LogP contribution in [-0.2, 0) is 10.0 Å². The summed E-state index contributed by atoms with van der Waals surface area (Å²) < 4.78 is 26.8. The van der Waals surface area contributed by atoms with E-state index in [9.17, 15) is 18.5 Å². The number of non-ortho nitro benzene ring substituents is 1. The van der Waals surface area contributed by atoms with E-state index in [1.165, 1.54) is 16.4 Å². The highest BCUT2D eigenvalue weighted by molar-refractivity contribution is 7.89. The number of benzene rings is 1. The molecule has 2 rings (SSSR count). The second kappa shape index (κ2) is 5.98. The van der Waals surface area contributed by atoms with Crippen molar-refractivity contribution in [2.75, 3.05) is 18.8 Å². The Labute approximate surface area is 123 Å². The normalized spacial score (nSPS) is 15.3. The maximum Gasteiger partial charge on any atom is 0.270 e. The first kappa shape index (κ1) is 15.7. The van der Waals surface area contributed by atoms with Gasteiger partial charge in [-0.2, -0.15) is 4.31 Å². The fraction of sp³-hybridized carbons (Fsp3) is 0.538. The van der Waals surface area contributed by atoms with E-state index in [2.05, 4.69) is 0 Å². The number of nitrogen functional groups attached to an aromatic ring is 1. The van der Waals surface area contributed by atoms with Gasteiger partial charge in [-0.1, -0.05) is 6.92 Å². The minimum Gasteiger partial charge on any atom is -0.398 e. The largest absolute Gasteiger partial charge is 0.398 e. The molecule has 1 fully saturated rings. The molecule has 1 saturated carbocycles. The van der Waals surface area contributed by atoms with Gasteiger partial charge in [-0.25, -0.2) is 8.42 Å². The molecule has 7 nitrogen and oxygen atoms in total. The molecule has 1 aromatic rings. The molecule has 0 radical (unpaired) electrons. The van der Waals surface area contributed by atoms with Gasteiger partial charge in [0.1, 0.15) is 4.90 Å². The van der Waals surface area contributed by atoms with Crippen LogP contribution in [0.25, 0.3) is 0 Å². The van der Waals surface area contributed by atoms with E-state index in [0.717, 1.165) is 18.9 Å². The molecule has 0 heterocycles. The minimum atomic E-state index is -3.80. The maximum atomic E-state index is 12.7. The van der Waals surface area contributed by atoms with Crippen molar-refractivity contribution >= 4 is 21.4 Å². The van der Waals surface area contributed by atoms with Crippen molar-refractivity contribution in [3.63, 3.8) is 0 Å². The van der Waals surface area contributed by atoms with Gasteiger partial charge in [0, 0.05) is 25.2 Å². The average molecular weight is 313 g/mol. The summed E-state index contributed by atoms with van der Waals surface area (Å²) in [7, 11) is -3.80. The van der Waals surface area contributed by atoms with Gasteiger partial charge < -0.3 is 5.73 Å². The molecular formula is C13H19N3O4S. The third-order valence-electron chi connectivity index (χ3n) is 3.46. The number of nitro benzene ring substituents is 1. The van der Waals surface area contributed by atoms with Gasteiger partial charge in [0.15, 0.2) is 0 Å². The fourth-order valence-corrected chi connectivity index (χ4v) is 3.89. The van der Waals surface area contributed by atoms with Gasteiger partial charge in [0.25, 0.3) is 5.69 Å².